The average molecular weight is 250 g/mol. The maximum absolute atomic E-state index is 9.04. The number of ether oxygens (including phenoxy) is 3. The van der Waals surface area contributed by atoms with Crippen molar-refractivity contribution < 1.29 is 24.4 Å². The SMILES string of the molecule is C[C@H](O)CO[C@H](C)CO[C@H](C)CO[C@@H](C)CO. The van der Waals surface area contributed by atoms with Gasteiger partial charge in [0.05, 0.1) is 50.8 Å². The van der Waals surface area contributed by atoms with Crippen LogP contribution in [0, 0.1) is 0 Å². The Bertz CT molecular complexity index is 174. The van der Waals surface area contributed by atoms with Gasteiger partial charge in [0.1, 0.15) is 0 Å². The topological polar surface area (TPSA) is 68.2 Å². The van der Waals surface area contributed by atoms with E-state index >= 15 is 0 Å². The molecule has 0 aliphatic rings. The average Bonchev–Trinajstić information content (AvgIpc) is 2.30. The van der Waals surface area contributed by atoms with Gasteiger partial charge in [-0.3, -0.25) is 0 Å². The molecule has 0 aliphatic carbocycles. The van der Waals surface area contributed by atoms with Gasteiger partial charge in [-0.15, -0.1) is 0 Å². The maximum Gasteiger partial charge on any atom is 0.0781 e. The Morgan fingerprint density at radius 1 is 0.765 bits per heavy atom. The van der Waals surface area contributed by atoms with Crippen molar-refractivity contribution in [2.45, 2.75) is 52.1 Å². The molecule has 0 bridgehead atoms. The molecule has 5 heteroatoms. The number of rotatable bonds is 10. The summed E-state index contributed by atoms with van der Waals surface area (Å²) < 4.78 is 16.2. The summed E-state index contributed by atoms with van der Waals surface area (Å²) in [6.07, 6.45) is -0.711. The molecule has 0 aromatic carbocycles. The van der Waals surface area contributed by atoms with E-state index < -0.39 is 6.10 Å². The Morgan fingerprint density at radius 2 is 1.18 bits per heavy atom. The first-order chi connectivity index (χ1) is 7.95. The van der Waals surface area contributed by atoms with Crippen molar-refractivity contribution in [1.29, 1.82) is 0 Å². The zero-order chi connectivity index (χ0) is 13.3. The highest BCUT2D eigenvalue weighted by Gasteiger charge is 2.09. The molecule has 0 saturated heterocycles. The second-order valence-corrected chi connectivity index (χ2v) is 4.46. The molecule has 0 radical (unpaired) electrons. The van der Waals surface area contributed by atoms with Gasteiger partial charge < -0.3 is 24.4 Å². The summed E-state index contributed by atoms with van der Waals surface area (Å²) in [5.74, 6) is 0. The summed E-state index contributed by atoms with van der Waals surface area (Å²) in [6.45, 7) is 8.53. The van der Waals surface area contributed by atoms with Gasteiger partial charge in [-0.2, -0.15) is 0 Å². The van der Waals surface area contributed by atoms with Gasteiger partial charge in [0, 0.05) is 0 Å². The molecule has 0 amide bonds. The quantitative estimate of drug-likeness (QED) is 0.593. The van der Waals surface area contributed by atoms with Gasteiger partial charge in [0.2, 0.25) is 0 Å². The minimum atomic E-state index is -0.455. The van der Waals surface area contributed by atoms with Crippen LogP contribution in [0.15, 0.2) is 0 Å². The van der Waals surface area contributed by atoms with Crippen LogP contribution in [0.4, 0.5) is 0 Å². The molecule has 0 rings (SSSR count). The third-order valence-electron chi connectivity index (χ3n) is 2.11. The predicted octanol–water partition coefficient (Wildman–Crippen LogP) is 0.575. The Kier molecular flexibility index (Phi) is 9.68. The molecule has 0 aromatic rings. The fourth-order valence-electron chi connectivity index (χ4n) is 1.05. The van der Waals surface area contributed by atoms with E-state index in [9.17, 15) is 0 Å². The number of aliphatic hydroxyl groups is 2. The highest BCUT2D eigenvalue weighted by Crippen LogP contribution is 2.00. The molecular weight excluding hydrogens is 224 g/mol. The predicted molar refractivity (Wildman–Crippen MR) is 65.0 cm³/mol. The van der Waals surface area contributed by atoms with E-state index in [0.717, 1.165) is 0 Å². The first-order valence-electron chi connectivity index (χ1n) is 6.09. The van der Waals surface area contributed by atoms with Gasteiger partial charge in [-0.05, 0) is 27.7 Å². The lowest BCUT2D eigenvalue weighted by Crippen LogP contribution is -2.27. The molecule has 5 nitrogen and oxygen atoms in total. The van der Waals surface area contributed by atoms with Gasteiger partial charge in [0.15, 0.2) is 0 Å². The summed E-state index contributed by atoms with van der Waals surface area (Å²) in [4.78, 5) is 0. The molecule has 0 fully saturated rings. The number of hydrogen-bond acceptors (Lipinski definition) is 5. The fourth-order valence-corrected chi connectivity index (χ4v) is 1.05. The lowest BCUT2D eigenvalue weighted by molar-refractivity contribution is -0.0825. The lowest BCUT2D eigenvalue weighted by Gasteiger charge is -2.19. The van der Waals surface area contributed by atoms with Crippen LogP contribution in [0.1, 0.15) is 27.7 Å². The minimum Gasteiger partial charge on any atom is -0.394 e. The van der Waals surface area contributed by atoms with Gasteiger partial charge in [0.25, 0.3) is 0 Å². The first-order valence-corrected chi connectivity index (χ1v) is 6.09. The minimum absolute atomic E-state index is 0.0145. The molecule has 0 spiro atoms. The number of hydrogen-bond donors (Lipinski definition) is 2. The van der Waals surface area contributed by atoms with E-state index in [-0.39, 0.29) is 24.9 Å². The Hall–Kier alpha value is -0.200. The molecule has 0 heterocycles. The van der Waals surface area contributed by atoms with Crippen molar-refractivity contribution in [1.82, 2.24) is 0 Å². The van der Waals surface area contributed by atoms with Crippen LogP contribution in [-0.4, -0.2) is 61.1 Å². The summed E-state index contributed by atoms with van der Waals surface area (Å²) in [6, 6.07) is 0. The maximum atomic E-state index is 9.04. The summed E-state index contributed by atoms with van der Waals surface area (Å²) in [5.41, 5.74) is 0. The van der Waals surface area contributed by atoms with E-state index in [0.29, 0.717) is 19.8 Å². The molecule has 0 unspecified atom stereocenters. The summed E-state index contributed by atoms with van der Waals surface area (Å²) in [7, 11) is 0. The highest BCUT2D eigenvalue weighted by atomic mass is 16.6. The monoisotopic (exact) mass is 250 g/mol. The van der Waals surface area contributed by atoms with Crippen molar-refractivity contribution in [2.24, 2.45) is 0 Å². The molecular formula is C12H26O5. The van der Waals surface area contributed by atoms with E-state index in [1.54, 1.807) is 13.8 Å². The zero-order valence-electron chi connectivity index (χ0n) is 11.3. The summed E-state index contributed by atoms with van der Waals surface area (Å²) in [5, 5.41) is 17.8. The van der Waals surface area contributed by atoms with E-state index in [1.807, 2.05) is 13.8 Å². The van der Waals surface area contributed by atoms with E-state index in [4.69, 9.17) is 24.4 Å². The third-order valence-corrected chi connectivity index (χ3v) is 2.11. The van der Waals surface area contributed by atoms with Crippen molar-refractivity contribution in [3.8, 4) is 0 Å². The molecule has 2 N–H and O–H groups in total. The van der Waals surface area contributed by atoms with Crippen LogP contribution in [0.5, 0.6) is 0 Å². The van der Waals surface area contributed by atoms with E-state index in [1.165, 1.54) is 0 Å². The first kappa shape index (κ1) is 16.8. The smallest absolute Gasteiger partial charge is 0.0781 e. The zero-order valence-corrected chi connectivity index (χ0v) is 11.3. The highest BCUT2D eigenvalue weighted by molar-refractivity contribution is 4.55. The standard InChI is InChI=1S/C12H26O5/c1-9(14)6-15-11(3)8-17-12(4)7-16-10(2)5-13/h9-14H,5-8H2,1-4H3/t9-,10-,11+,12+/m0/s1. The molecule has 0 aliphatic heterocycles. The summed E-state index contributed by atoms with van der Waals surface area (Å²) >= 11 is 0. The molecule has 0 aromatic heterocycles. The van der Waals surface area contributed by atoms with Crippen LogP contribution >= 0.6 is 0 Å². The van der Waals surface area contributed by atoms with Crippen LogP contribution in [-0.2, 0) is 14.2 Å². The molecule has 17 heavy (non-hydrogen) atoms. The van der Waals surface area contributed by atoms with Crippen LogP contribution in [0.3, 0.4) is 0 Å². The van der Waals surface area contributed by atoms with Crippen LogP contribution in [0.2, 0.25) is 0 Å². The van der Waals surface area contributed by atoms with Crippen molar-refractivity contribution in [2.75, 3.05) is 26.4 Å². The second kappa shape index (κ2) is 9.79. The normalized spacial score (nSPS) is 18.7. The fraction of sp³-hybridized carbons (Fsp3) is 1.00. The second-order valence-electron chi connectivity index (χ2n) is 4.46. The molecule has 104 valence electrons. The lowest BCUT2D eigenvalue weighted by atomic mass is 10.3. The Balaban J connectivity index is 3.51. The van der Waals surface area contributed by atoms with Crippen LogP contribution in [0.25, 0.3) is 0 Å². The molecule has 4 atom stereocenters. The van der Waals surface area contributed by atoms with Crippen molar-refractivity contribution in [3.63, 3.8) is 0 Å². The Labute approximate surface area is 104 Å². The van der Waals surface area contributed by atoms with E-state index in [2.05, 4.69) is 0 Å². The van der Waals surface area contributed by atoms with Gasteiger partial charge >= 0.3 is 0 Å². The van der Waals surface area contributed by atoms with Crippen molar-refractivity contribution >= 4 is 0 Å². The van der Waals surface area contributed by atoms with Crippen molar-refractivity contribution in [3.05, 3.63) is 0 Å². The largest absolute Gasteiger partial charge is 0.394 e. The van der Waals surface area contributed by atoms with Gasteiger partial charge in [-0.1, -0.05) is 0 Å². The Morgan fingerprint density at radius 3 is 1.59 bits per heavy atom. The third kappa shape index (κ3) is 10.7. The van der Waals surface area contributed by atoms with Crippen LogP contribution < -0.4 is 0 Å². The number of aliphatic hydroxyl groups excluding tert-OH is 2. The molecule has 0 saturated carbocycles. The van der Waals surface area contributed by atoms with Gasteiger partial charge in [-0.25, -0.2) is 0 Å².